The lowest BCUT2D eigenvalue weighted by molar-refractivity contribution is -0.132. The second kappa shape index (κ2) is 14.2. The number of carbonyl (C=O) groups is 3. The molecule has 2 rings (SSSR count). The maximum absolute atomic E-state index is 12.5. The number of ketones is 2. The lowest BCUT2D eigenvalue weighted by Gasteiger charge is -2.12. The third kappa shape index (κ3) is 8.32. The Labute approximate surface area is 202 Å². The van der Waals surface area contributed by atoms with E-state index in [0.717, 1.165) is 37.7 Å². The molecule has 0 amide bonds. The van der Waals surface area contributed by atoms with Gasteiger partial charge in [-0.1, -0.05) is 45.2 Å². The van der Waals surface area contributed by atoms with Gasteiger partial charge >= 0.3 is 5.97 Å². The quantitative estimate of drug-likeness (QED) is 0.138. The molecule has 6 nitrogen and oxygen atoms in total. The van der Waals surface area contributed by atoms with E-state index < -0.39 is 11.9 Å². The van der Waals surface area contributed by atoms with E-state index in [2.05, 4.69) is 0 Å². The van der Waals surface area contributed by atoms with Crippen molar-refractivity contribution in [2.24, 2.45) is 5.92 Å². The van der Waals surface area contributed by atoms with Gasteiger partial charge in [-0.05, 0) is 37.0 Å². The average Bonchev–Trinajstić information content (AvgIpc) is 2.87. The van der Waals surface area contributed by atoms with Gasteiger partial charge in [0.1, 0.15) is 28.8 Å². The number of unbranched alkanes of at least 4 members (excludes halogenated alkanes) is 3. The van der Waals surface area contributed by atoms with Crippen molar-refractivity contribution in [1.82, 2.24) is 0 Å². The van der Waals surface area contributed by atoms with Gasteiger partial charge in [0, 0.05) is 31.0 Å². The Morgan fingerprint density at radius 3 is 1.79 bits per heavy atom. The molecule has 0 aliphatic heterocycles. The number of ether oxygens (including phenoxy) is 3. The summed E-state index contributed by atoms with van der Waals surface area (Å²) >= 11 is 0. The standard InChI is InChI=1S/C28H36O6/c1-5-26(29)25(27(30)6-2)12-10-8-7-9-11-20-13-15-21(16-14-20)28(31)34-24-18-22(32-3)17-23(19-24)33-4/h13-19,25H,5-12H2,1-4H3. The second-order valence-electron chi connectivity index (χ2n) is 8.28. The molecule has 0 saturated carbocycles. The molecule has 184 valence electrons. The fraction of sp³-hybridized carbons (Fsp3) is 0.464. The summed E-state index contributed by atoms with van der Waals surface area (Å²) in [6, 6.07) is 12.4. The van der Waals surface area contributed by atoms with E-state index in [4.69, 9.17) is 14.2 Å². The number of rotatable bonds is 15. The van der Waals surface area contributed by atoms with Crippen LogP contribution < -0.4 is 14.2 Å². The minimum Gasteiger partial charge on any atom is -0.496 e. The van der Waals surface area contributed by atoms with Gasteiger partial charge in [-0.25, -0.2) is 4.79 Å². The molecule has 34 heavy (non-hydrogen) atoms. The number of carbonyl (C=O) groups excluding carboxylic acids is 3. The highest BCUT2D eigenvalue weighted by atomic mass is 16.5. The van der Waals surface area contributed by atoms with E-state index in [-0.39, 0.29) is 11.6 Å². The van der Waals surface area contributed by atoms with Crippen LogP contribution in [0, 0.1) is 5.92 Å². The first-order chi connectivity index (χ1) is 16.4. The highest BCUT2D eigenvalue weighted by Gasteiger charge is 2.22. The van der Waals surface area contributed by atoms with Gasteiger partial charge in [-0.2, -0.15) is 0 Å². The van der Waals surface area contributed by atoms with Crippen LogP contribution in [0.15, 0.2) is 42.5 Å². The minimum atomic E-state index is -0.445. The zero-order valence-electron chi connectivity index (χ0n) is 20.7. The van der Waals surface area contributed by atoms with Gasteiger partial charge in [-0.3, -0.25) is 9.59 Å². The fourth-order valence-electron chi connectivity index (χ4n) is 3.84. The van der Waals surface area contributed by atoms with Crippen LogP contribution in [0.1, 0.15) is 74.7 Å². The zero-order chi connectivity index (χ0) is 24.9. The van der Waals surface area contributed by atoms with Crippen molar-refractivity contribution in [3.8, 4) is 17.2 Å². The zero-order valence-corrected chi connectivity index (χ0v) is 20.7. The number of Topliss-reactive ketones (excluding diaryl/α,β-unsaturated/α-hetero) is 2. The Morgan fingerprint density at radius 1 is 0.735 bits per heavy atom. The summed E-state index contributed by atoms with van der Waals surface area (Å²) in [5, 5.41) is 0. The Balaban J connectivity index is 1.78. The first-order valence-corrected chi connectivity index (χ1v) is 12.0. The predicted octanol–water partition coefficient (Wildman–Crippen LogP) is 5.99. The van der Waals surface area contributed by atoms with Crippen LogP contribution >= 0.6 is 0 Å². The van der Waals surface area contributed by atoms with Gasteiger partial charge in [0.25, 0.3) is 0 Å². The molecule has 2 aromatic carbocycles. The van der Waals surface area contributed by atoms with Crippen LogP contribution in [0.4, 0.5) is 0 Å². The van der Waals surface area contributed by atoms with Crippen LogP contribution in [-0.4, -0.2) is 31.8 Å². The molecule has 2 aromatic rings. The number of methoxy groups -OCH3 is 2. The lowest BCUT2D eigenvalue weighted by Crippen LogP contribution is -2.22. The van der Waals surface area contributed by atoms with E-state index in [9.17, 15) is 14.4 Å². The summed E-state index contributed by atoms with van der Waals surface area (Å²) in [6.45, 7) is 3.64. The van der Waals surface area contributed by atoms with Crippen molar-refractivity contribution in [3.05, 3.63) is 53.6 Å². The Hall–Kier alpha value is -3.15. The molecule has 0 aromatic heterocycles. The van der Waals surface area contributed by atoms with Gasteiger partial charge in [-0.15, -0.1) is 0 Å². The molecule has 0 N–H and O–H groups in total. The van der Waals surface area contributed by atoms with Crippen molar-refractivity contribution in [1.29, 1.82) is 0 Å². The van der Waals surface area contributed by atoms with Crippen molar-refractivity contribution in [2.45, 2.75) is 65.2 Å². The molecule has 0 unspecified atom stereocenters. The summed E-state index contributed by atoms with van der Waals surface area (Å²) in [5.74, 6) is 0.713. The number of hydrogen-bond donors (Lipinski definition) is 0. The van der Waals surface area contributed by atoms with Crippen LogP contribution in [-0.2, 0) is 16.0 Å². The Kier molecular flexibility index (Phi) is 11.3. The average molecular weight is 469 g/mol. The SMILES string of the molecule is CCC(=O)C(CCCCCCc1ccc(C(=O)Oc2cc(OC)cc(OC)c2)cc1)C(=O)CC. The first kappa shape index (κ1) is 27.1. The molecule has 0 fully saturated rings. The van der Waals surface area contributed by atoms with Crippen molar-refractivity contribution < 1.29 is 28.6 Å². The lowest BCUT2D eigenvalue weighted by atomic mass is 9.90. The fourth-order valence-corrected chi connectivity index (χ4v) is 3.84. The van der Waals surface area contributed by atoms with E-state index in [1.165, 1.54) is 14.2 Å². The maximum Gasteiger partial charge on any atom is 0.343 e. The minimum absolute atomic E-state index is 0.0657. The third-order valence-corrected chi connectivity index (χ3v) is 5.91. The molecule has 0 atom stereocenters. The number of esters is 1. The maximum atomic E-state index is 12.5. The summed E-state index contributed by atoms with van der Waals surface area (Å²) < 4.78 is 15.9. The van der Waals surface area contributed by atoms with Gasteiger partial charge in [0.05, 0.1) is 25.7 Å². The van der Waals surface area contributed by atoms with Gasteiger partial charge in [0.2, 0.25) is 0 Å². The normalized spacial score (nSPS) is 10.7. The van der Waals surface area contributed by atoms with Crippen LogP contribution in [0.25, 0.3) is 0 Å². The van der Waals surface area contributed by atoms with Gasteiger partial charge < -0.3 is 14.2 Å². The molecule has 0 spiro atoms. The van der Waals surface area contributed by atoms with Crippen LogP contribution in [0.2, 0.25) is 0 Å². The first-order valence-electron chi connectivity index (χ1n) is 12.0. The predicted molar refractivity (Wildman–Crippen MR) is 132 cm³/mol. The molecule has 0 bridgehead atoms. The number of aryl methyl sites for hydroxylation is 1. The topological polar surface area (TPSA) is 78.9 Å². The van der Waals surface area contributed by atoms with E-state index in [0.29, 0.717) is 42.1 Å². The second-order valence-corrected chi connectivity index (χ2v) is 8.28. The molecule has 6 heteroatoms. The molecule has 0 aliphatic rings. The van der Waals surface area contributed by atoms with E-state index in [1.54, 1.807) is 30.3 Å². The smallest absolute Gasteiger partial charge is 0.343 e. The van der Waals surface area contributed by atoms with E-state index in [1.807, 2.05) is 26.0 Å². The molecule has 0 saturated heterocycles. The number of benzene rings is 2. The highest BCUT2D eigenvalue weighted by molar-refractivity contribution is 6.02. The highest BCUT2D eigenvalue weighted by Crippen LogP contribution is 2.28. The van der Waals surface area contributed by atoms with Gasteiger partial charge in [0.15, 0.2) is 0 Å². The van der Waals surface area contributed by atoms with Crippen LogP contribution in [0.3, 0.4) is 0 Å². The molecular formula is C28H36O6. The summed E-state index contributed by atoms with van der Waals surface area (Å²) in [4.78, 5) is 36.5. The molecule has 0 aliphatic carbocycles. The van der Waals surface area contributed by atoms with Crippen molar-refractivity contribution in [2.75, 3.05) is 14.2 Å². The summed E-state index contributed by atoms with van der Waals surface area (Å²) in [5.41, 5.74) is 1.62. The summed E-state index contributed by atoms with van der Waals surface area (Å²) in [7, 11) is 3.08. The molecular weight excluding hydrogens is 432 g/mol. The van der Waals surface area contributed by atoms with E-state index >= 15 is 0 Å². The summed E-state index contributed by atoms with van der Waals surface area (Å²) in [6.07, 6.45) is 6.36. The monoisotopic (exact) mass is 468 g/mol. The van der Waals surface area contributed by atoms with Crippen molar-refractivity contribution >= 4 is 17.5 Å². The molecule has 0 radical (unpaired) electrons. The van der Waals surface area contributed by atoms with Crippen molar-refractivity contribution in [3.63, 3.8) is 0 Å². The molecule has 0 heterocycles. The Bertz CT molecular complexity index is 910. The largest absolute Gasteiger partial charge is 0.496 e. The Morgan fingerprint density at radius 2 is 1.26 bits per heavy atom. The third-order valence-electron chi connectivity index (χ3n) is 5.91. The number of hydrogen-bond acceptors (Lipinski definition) is 6. The van der Waals surface area contributed by atoms with Crippen LogP contribution in [0.5, 0.6) is 17.2 Å².